The highest BCUT2D eigenvalue weighted by molar-refractivity contribution is 5.97. The third kappa shape index (κ3) is 3.16. The molecule has 1 fully saturated rings. The van der Waals surface area contributed by atoms with E-state index in [-0.39, 0.29) is 35.3 Å². The van der Waals surface area contributed by atoms with Gasteiger partial charge in [0, 0.05) is 59.8 Å². The van der Waals surface area contributed by atoms with Crippen LogP contribution in [0.25, 0.3) is 16.6 Å². The number of allylic oxidation sites excluding steroid dienone is 3. The number of methoxy groups -OCH3 is 1. The van der Waals surface area contributed by atoms with Crippen LogP contribution in [0.3, 0.4) is 0 Å². The summed E-state index contributed by atoms with van der Waals surface area (Å²) in [6, 6.07) is 4.62. The number of hydrogen-bond donors (Lipinski definition) is 1. The summed E-state index contributed by atoms with van der Waals surface area (Å²) >= 11 is 0. The second-order valence-electron chi connectivity index (χ2n) is 13.0. The zero-order valence-electron chi connectivity index (χ0n) is 23.7. The summed E-state index contributed by atoms with van der Waals surface area (Å²) in [5.41, 5.74) is 9.87. The molecule has 2 aliphatic carbocycles. The maximum absolute atomic E-state index is 12.0. The second-order valence-corrected chi connectivity index (χ2v) is 13.0. The molecule has 1 aromatic heterocycles. The quantitative estimate of drug-likeness (QED) is 0.507. The Kier molecular flexibility index (Phi) is 5.46. The van der Waals surface area contributed by atoms with Crippen LogP contribution in [0.5, 0.6) is 0 Å². The summed E-state index contributed by atoms with van der Waals surface area (Å²) < 4.78 is 5.59. The molecule has 0 spiro atoms. The molecule has 0 saturated heterocycles. The highest BCUT2D eigenvalue weighted by atomic mass is 16.5. The minimum atomic E-state index is -0.992. The van der Waals surface area contributed by atoms with E-state index < -0.39 is 5.60 Å². The highest BCUT2D eigenvalue weighted by Gasteiger charge is 2.65. The zero-order valence-corrected chi connectivity index (χ0v) is 23.7. The van der Waals surface area contributed by atoms with Gasteiger partial charge >= 0.3 is 0 Å². The van der Waals surface area contributed by atoms with Gasteiger partial charge in [0.1, 0.15) is 5.60 Å². The molecule has 4 heteroatoms. The molecular weight excluding hydrogens is 444 g/mol. The number of likely N-dealkylation sites (N-methyl/N-ethyl adjacent to an activating group) is 1. The van der Waals surface area contributed by atoms with Gasteiger partial charge in [0.2, 0.25) is 0 Å². The first-order valence-electron chi connectivity index (χ1n) is 13.2. The standard InChI is InChI=1S/C32H42N2O2/c1-12-22-29-25(32(22,35)16-36-11)21-14-20-17(2)13-18(3)33-27(20)26-24(21)28(34(29)10)19(4)23(31(26,8)9)15-30(5,6)7/h12-15,22,25,29,35H,1,16H2,2-11H3/b23-15+. The predicted octanol–water partition coefficient (Wildman–Crippen LogP) is 6.44. The molecule has 2 aromatic rings. The van der Waals surface area contributed by atoms with Gasteiger partial charge in [0.25, 0.3) is 0 Å². The lowest BCUT2D eigenvalue weighted by Gasteiger charge is -2.64. The molecule has 1 aliphatic heterocycles. The van der Waals surface area contributed by atoms with Crippen molar-refractivity contribution in [1.29, 1.82) is 0 Å². The Morgan fingerprint density at radius 1 is 1.19 bits per heavy atom. The predicted molar refractivity (Wildman–Crippen MR) is 149 cm³/mol. The molecular formula is C32H42N2O2. The lowest BCUT2D eigenvalue weighted by Crippen LogP contribution is -2.71. The average molecular weight is 487 g/mol. The smallest absolute Gasteiger partial charge is 0.105 e. The largest absolute Gasteiger partial charge is 0.386 e. The van der Waals surface area contributed by atoms with Crippen molar-refractivity contribution in [2.75, 3.05) is 20.8 Å². The fourth-order valence-corrected chi connectivity index (χ4v) is 7.61. The topological polar surface area (TPSA) is 45.6 Å². The number of pyridine rings is 1. The summed E-state index contributed by atoms with van der Waals surface area (Å²) in [5.74, 6) is -0.146. The van der Waals surface area contributed by atoms with Crippen molar-refractivity contribution in [3.05, 3.63) is 70.0 Å². The fraction of sp³-hybridized carbons (Fsp3) is 0.531. The summed E-state index contributed by atoms with van der Waals surface area (Å²) in [6.07, 6.45) is 4.38. The number of hydrogen-bond acceptors (Lipinski definition) is 4. The number of rotatable bonds is 3. The van der Waals surface area contributed by atoms with E-state index in [1.807, 2.05) is 6.08 Å². The van der Waals surface area contributed by atoms with Crippen molar-refractivity contribution in [3.8, 4) is 0 Å². The van der Waals surface area contributed by atoms with E-state index in [1.165, 1.54) is 44.5 Å². The number of nitrogens with zero attached hydrogens (tertiary/aromatic N) is 2. The van der Waals surface area contributed by atoms with Gasteiger partial charge in [0.05, 0.1) is 12.1 Å². The number of aliphatic hydroxyl groups is 1. The Hall–Kier alpha value is -2.43. The van der Waals surface area contributed by atoms with Crippen molar-refractivity contribution in [2.24, 2.45) is 11.3 Å². The second kappa shape index (κ2) is 7.79. The van der Waals surface area contributed by atoms with Gasteiger partial charge in [-0.3, -0.25) is 4.98 Å². The van der Waals surface area contributed by atoms with Crippen LogP contribution in [0, 0.1) is 25.2 Å². The van der Waals surface area contributed by atoms with Crippen LogP contribution in [0.1, 0.15) is 75.4 Å². The van der Waals surface area contributed by atoms with Gasteiger partial charge in [0.15, 0.2) is 0 Å². The Labute approximate surface area is 216 Å². The van der Waals surface area contributed by atoms with Gasteiger partial charge in [-0.25, -0.2) is 0 Å². The minimum absolute atomic E-state index is 0.0349. The van der Waals surface area contributed by atoms with Gasteiger partial charge in [-0.1, -0.05) is 46.8 Å². The summed E-state index contributed by atoms with van der Waals surface area (Å²) in [7, 11) is 3.87. The Morgan fingerprint density at radius 2 is 1.86 bits per heavy atom. The molecule has 192 valence electrons. The van der Waals surface area contributed by atoms with Gasteiger partial charge < -0.3 is 14.7 Å². The third-order valence-electron chi connectivity index (χ3n) is 8.93. The normalized spacial score (nSPS) is 29.8. The molecule has 4 nitrogen and oxygen atoms in total. The summed E-state index contributed by atoms with van der Waals surface area (Å²) in [6.45, 7) is 22.5. The summed E-state index contributed by atoms with van der Waals surface area (Å²) in [5, 5.41) is 13.2. The van der Waals surface area contributed by atoms with Crippen LogP contribution in [0.15, 0.2) is 42.0 Å². The molecule has 3 aliphatic rings. The van der Waals surface area contributed by atoms with Crippen LogP contribution < -0.4 is 0 Å². The van der Waals surface area contributed by atoms with Gasteiger partial charge in [-0.05, 0) is 66.2 Å². The van der Waals surface area contributed by atoms with E-state index in [0.717, 1.165) is 11.2 Å². The maximum Gasteiger partial charge on any atom is 0.105 e. The third-order valence-corrected chi connectivity index (χ3v) is 8.93. The first kappa shape index (κ1) is 25.2. The number of aromatic nitrogens is 1. The molecule has 2 heterocycles. The Bertz CT molecular complexity index is 1360. The molecule has 4 unspecified atom stereocenters. The van der Waals surface area contributed by atoms with Crippen LogP contribution >= 0.6 is 0 Å². The molecule has 5 rings (SSSR count). The zero-order chi connectivity index (χ0) is 26.5. The summed E-state index contributed by atoms with van der Waals surface area (Å²) in [4.78, 5) is 7.57. The van der Waals surface area contributed by atoms with Crippen molar-refractivity contribution < 1.29 is 9.84 Å². The van der Waals surface area contributed by atoms with E-state index in [9.17, 15) is 5.11 Å². The van der Waals surface area contributed by atoms with Crippen molar-refractivity contribution >= 4 is 16.6 Å². The van der Waals surface area contributed by atoms with Crippen molar-refractivity contribution in [3.63, 3.8) is 0 Å². The van der Waals surface area contributed by atoms with Gasteiger partial charge in [-0.15, -0.1) is 6.58 Å². The molecule has 0 bridgehead atoms. The fourth-order valence-electron chi connectivity index (χ4n) is 7.61. The molecule has 0 radical (unpaired) electrons. The lowest BCUT2D eigenvalue weighted by atomic mass is 9.50. The highest BCUT2D eigenvalue weighted by Crippen LogP contribution is 2.63. The van der Waals surface area contributed by atoms with Gasteiger partial charge in [-0.2, -0.15) is 0 Å². The minimum Gasteiger partial charge on any atom is -0.386 e. The van der Waals surface area contributed by atoms with E-state index >= 15 is 0 Å². The molecule has 1 aromatic carbocycles. The van der Waals surface area contributed by atoms with E-state index in [4.69, 9.17) is 9.72 Å². The monoisotopic (exact) mass is 486 g/mol. The number of fused-ring (bicyclic) bond motifs is 4. The number of benzene rings is 1. The molecule has 0 amide bonds. The molecule has 1 saturated carbocycles. The average Bonchev–Trinajstić information content (AvgIpc) is 2.74. The SMILES string of the molecule is C=CC1C2C(c3cc4c(C)cc(C)nc4c4c3C(=C(C)/C(=C\C(C)(C)C)C4(C)C)N2C)C1(O)COC. The van der Waals surface area contributed by atoms with Crippen LogP contribution in [-0.2, 0) is 10.2 Å². The van der Waals surface area contributed by atoms with E-state index in [1.54, 1.807) is 7.11 Å². The van der Waals surface area contributed by atoms with Crippen molar-refractivity contribution in [2.45, 2.75) is 78.4 Å². The van der Waals surface area contributed by atoms with Crippen LogP contribution in [0.2, 0.25) is 0 Å². The number of ether oxygens (including phenoxy) is 1. The Balaban J connectivity index is 1.97. The van der Waals surface area contributed by atoms with E-state index in [2.05, 4.69) is 92.1 Å². The van der Waals surface area contributed by atoms with Crippen molar-refractivity contribution in [1.82, 2.24) is 9.88 Å². The van der Waals surface area contributed by atoms with E-state index in [0.29, 0.717) is 0 Å². The lowest BCUT2D eigenvalue weighted by molar-refractivity contribution is -0.174. The first-order chi connectivity index (χ1) is 16.7. The molecule has 4 atom stereocenters. The number of aryl methyl sites for hydroxylation is 2. The van der Waals surface area contributed by atoms with Crippen LogP contribution in [0.4, 0.5) is 0 Å². The molecule has 36 heavy (non-hydrogen) atoms. The Morgan fingerprint density at radius 3 is 2.44 bits per heavy atom. The first-order valence-corrected chi connectivity index (χ1v) is 13.2. The maximum atomic E-state index is 12.0. The van der Waals surface area contributed by atoms with Crippen LogP contribution in [-0.4, -0.2) is 47.4 Å². The molecule has 1 N–H and O–H groups in total.